The third-order valence-electron chi connectivity index (χ3n) is 7.41. The van der Waals surface area contributed by atoms with Crippen molar-refractivity contribution in [3.05, 3.63) is 69.2 Å². The molecule has 1 aliphatic carbocycles. The Morgan fingerprint density at radius 1 is 1.08 bits per heavy atom. The predicted molar refractivity (Wildman–Crippen MR) is 146 cm³/mol. The van der Waals surface area contributed by atoms with E-state index in [9.17, 15) is 14.4 Å². The summed E-state index contributed by atoms with van der Waals surface area (Å²) >= 11 is 12.6. The van der Waals surface area contributed by atoms with Gasteiger partial charge in [0, 0.05) is 5.54 Å². The van der Waals surface area contributed by atoms with Gasteiger partial charge in [-0.15, -0.1) is 0 Å². The smallest absolute Gasteiger partial charge is 0.247 e. The summed E-state index contributed by atoms with van der Waals surface area (Å²) in [6, 6.07) is 10.5. The van der Waals surface area contributed by atoms with Gasteiger partial charge in [-0.1, -0.05) is 73.8 Å². The number of amides is 3. The lowest BCUT2D eigenvalue weighted by Gasteiger charge is -2.46. The van der Waals surface area contributed by atoms with Gasteiger partial charge >= 0.3 is 0 Å². The number of hydrogen-bond acceptors (Lipinski definition) is 3. The van der Waals surface area contributed by atoms with E-state index in [2.05, 4.69) is 22.8 Å². The van der Waals surface area contributed by atoms with Crippen LogP contribution < -0.4 is 10.6 Å². The van der Waals surface area contributed by atoms with E-state index in [4.69, 9.17) is 23.2 Å². The van der Waals surface area contributed by atoms with Crippen molar-refractivity contribution >= 4 is 40.9 Å². The second-order valence-electron chi connectivity index (χ2n) is 11.3. The summed E-state index contributed by atoms with van der Waals surface area (Å²) in [6.45, 7) is 9.55. The maximum Gasteiger partial charge on any atom is 0.247 e. The van der Waals surface area contributed by atoms with Crippen LogP contribution in [0.3, 0.4) is 0 Å². The molecule has 1 heterocycles. The first-order chi connectivity index (χ1) is 17.4. The van der Waals surface area contributed by atoms with Crippen molar-refractivity contribution in [3.63, 3.8) is 0 Å². The number of piperazine rings is 1. The predicted octanol–water partition coefficient (Wildman–Crippen LogP) is 5.11. The standard InChI is InChI=1S/C29H35Cl2N3O3/c1-6-16(2)24-26(35)32-23(20-13-17-9-7-8-10-18(17)14-20)28(37)34(24)25(27(36)33-29(3,4)5)19-11-12-21(30)22(31)15-19/h7-12,15-16,20,23-25H,6,13-14H2,1-5H3,(H,32,35)(H,33,36)/t16-,23?,24+,25?/m0/s1. The Bertz CT molecular complexity index is 1180. The molecule has 2 N–H and O–H groups in total. The van der Waals surface area contributed by atoms with E-state index in [1.165, 1.54) is 16.0 Å². The highest BCUT2D eigenvalue weighted by molar-refractivity contribution is 6.42. The van der Waals surface area contributed by atoms with Crippen molar-refractivity contribution in [2.75, 3.05) is 0 Å². The molecule has 0 spiro atoms. The molecule has 2 aliphatic rings. The van der Waals surface area contributed by atoms with Crippen LogP contribution in [0.5, 0.6) is 0 Å². The van der Waals surface area contributed by atoms with Gasteiger partial charge in [0.05, 0.1) is 10.0 Å². The molecule has 4 atom stereocenters. The van der Waals surface area contributed by atoms with Crippen LogP contribution in [0.25, 0.3) is 0 Å². The third-order valence-corrected chi connectivity index (χ3v) is 8.15. The van der Waals surface area contributed by atoms with Gasteiger partial charge in [0.25, 0.3) is 0 Å². The Kier molecular flexibility index (Phi) is 7.91. The molecule has 4 rings (SSSR count). The first-order valence-electron chi connectivity index (χ1n) is 12.9. The van der Waals surface area contributed by atoms with Crippen LogP contribution in [-0.2, 0) is 27.2 Å². The molecular weight excluding hydrogens is 509 g/mol. The van der Waals surface area contributed by atoms with Gasteiger partial charge < -0.3 is 15.5 Å². The van der Waals surface area contributed by atoms with Crippen molar-refractivity contribution in [1.29, 1.82) is 0 Å². The molecule has 1 saturated heterocycles. The van der Waals surface area contributed by atoms with E-state index in [0.717, 1.165) is 0 Å². The summed E-state index contributed by atoms with van der Waals surface area (Å²) in [5, 5.41) is 6.70. The molecule has 2 aromatic carbocycles. The number of halogens is 2. The third kappa shape index (κ3) is 5.65. The lowest BCUT2D eigenvalue weighted by molar-refractivity contribution is -0.159. The Labute approximate surface area is 229 Å². The second-order valence-corrected chi connectivity index (χ2v) is 12.1. The summed E-state index contributed by atoms with van der Waals surface area (Å²) in [5.74, 6) is -1.10. The van der Waals surface area contributed by atoms with Crippen LogP contribution in [0.4, 0.5) is 0 Å². The number of rotatable bonds is 6. The van der Waals surface area contributed by atoms with Crippen molar-refractivity contribution in [2.24, 2.45) is 11.8 Å². The average molecular weight is 545 g/mol. The molecule has 198 valence electrons. The first kappa shape index (κ1) is 27.5. The maximum atomic E-state index is 14.3. The van der Waals surface area contributed by atoms with Gasteiger partial charge in [-0.05, 0) is 74.3 Å². The highest BCUT2D eigenvalue weighted by Crippen LogP contribution is 2.37. The molecule has 2 aromatic rings. The SMILES string of the molecule is CC[C@H](C)[C@@H]1C(=O)NC(C2Cc3ccccc3C2)C(=O)N1C(C(=O)NC(C)(C)C)c1ccc(Cl)c(Cl)c1. The van der Waals surface area contributed by atoms with E-state index in [0.29, 0.717) is 29.8 Å². The molecule has 1 fully saturated rings. The van der Waals surface area contributed by atoms with Gasteiger partial charge in [0.15, 0.2) is 0 Å². The van der Waals surface area contributed by atoms with E-state index in [1.54, 1.807) is 18.2 Å². The number of carbonyl (C=O) groups excluding carboxylic acids is 3. The zero-order valence-corrected chi connectivity index (χ0v) is 23.5. The summed E-state index contributed by atoms with van der Waals surface area (Å²) in [5.41, 5.74) is 2.35. The molecule has 0 aromatic heterocycles. The van der Waals surface area contributed by atoms with Gasteiger partial charge in [-0.25, -0.2) is 0 Å². The van der Waals surface area contributed by atoms with Gasteiger partial charge in [0.1, 0.15) is 18.1 Å². The number of carbonyl (C=O) groups is 3. The molecule has 8 heteroatoms. The molecule has 6 nitrogen and oxygen atoms in total. The number of fused-ring (bicyclic) bond motifs is 1. The Balaban J connectivity index is 1.80. The van der Waals surface area contributed by atoms with Crippen LogP contribution in [0.1, 0.15) is 63.8 Å². The van der Waals surface area contributed by atoms with Crippen molar-refractivity contribution in [2.45, 2.75) is 77.5 Å². The van der Waals surface area contributed by atoms with Crippen molar-refractivity contribution < 1.29 is 14.4 Å². The number of nitrogens with one attached hydrogen (secondary N) is 2. The average Bonchev–Trinajstić information content (AvgIpc) is 3.26. The van der Waals surface area contributed by atoms with Crippen LogP contribution >= 0.6 is 23.2 Å². The molecule has 3 amide bonds. The fourth-order valence-electron chi connectivity index (χ4n) is 5.47. The second kappa shape index (κ2) is 10.7. The molecule has 0 radical (unpaired) electrons. The van der Waals surface area contributed by atoms with Crippen LogP contribution in [0.15, 0.2) is 42.5 Å². The Morgan fingerprint density at radius 3 is 2.24 bits per heavy atom. The highest BCUT2D eigenvalue weighted by Gasteiger charge is 2.51. The minimum absolute atomic E-state index is 0.0886. The lowest BCUT2D eigenvalue weighted by Crippen LogP contribution is -2.68. The molecule has 1 aliphatic heterocycles. The molecule has 37 heavy (non-hydrogen) atoms. The summed E-state index contributed by atoms with van der Waals surface area (Å²) in [7, 11) is 0. The molecule has 0 saturated carbocycles. The number of nitrogens with zero attached hydrogens (tertiary/aromatic N) is 1. The largest absolute Gasteiger partial charge is 0.349 e. The first-order valence-corrected chi connectivity index (χ1v) is 13.6. The van der Waals surface area contributed by atoms with Crippen molar-refractivity contribution in [1.82, 2.24) is 15.5 Å². The summed E-state index contributed by atoms with van der Waals surface area (Å²) < 4.78 is 0. The number of hydrogen-bond donors (Lipinski definition) is 2. The zero-order valence-electron chi connectivity index (χ0n) is 22.0. The van der Waals surface area contributed by atoms with Gasteiger partial charge in [-0.3, -0.25) is 14.4 Å². The van der Waals surface area contributed by atoms with Crippen LogP contribution in [0, 0.1) is 11.8 Å². The zero-order chi connectivity index (χ0) is 27.1. The summed E-state index contributed by atoms with van der Waals surface area (Å²) in [4.78, 5) is 43.4. The van der Waals surface area contributed by atoms with E-state index in [1.807, 2.05) is 46.8 Å². The molecule has 2 unspecified atom stereocenters. The molecular formula is C29H35Cl2N3O3. The topological polar surface area (TPSA) is 78.5 Å². The minimum atomic E-state index is -1.04. The quantitative estimate of drug-likeness (QED) is 0.531. The number of benzene rings is 2. The normalized spacial score (nSPS) is 21.9. The Morgan fingerprint density at radius 2 is 1.70 bits per heavy atom. The minimum Gasteiger partial charge on any atom is -0.349 e. The highest BCUT2D eigenvalue weighted by atomic mass is 35.5. The fraction of sp³-hybridized carbons (Fsp3) is 0.483. The monoisotopic (exact) mass is 543 g/mol. The van der Waals surface area contributed by atoms with Crippen LogP contribution in [0.2, 0.25) is 10.0 Å². The van der Waals surface area contributed by atoms with Crippen LogP contribution in [-0.4, -0.2) is 40.2 Å². The van der Waals surface area contributed by atoms with Gasteiger partial charge in [-0.2, -0.15) is 0 Å². The van der Waals surface area contributed by atoms with E-state index >= 15 is 0 Å². The van der Waals surface area contributed by atoms with E-state index < -0.39 is 23.7 Å². The molecule has 0 bridgehead atoms. The summed E-state index contributed by atoms with van der Waals surface area (Å²) in [6.07, 6.45) is 2.05. The van der Waals surface area contributed by atoms with Crippen molar-refractivity contribution in [3.8, 4) is 0 Å². The van der Waals surface area contributed by atoms with E-state index in [-0.39, 0.29) is 34.6 Å². The van der Waals surface area contributed by atoms with Gasteiger partial charge in [0.2, 0.25) is 17.7 Å². The maximum absolute atomic E-state index is 14.3. The fourth-order valence-corrected chi connectivity index (χ4v) is 5.78. The lowest BCUT2D eigenvalue weighted by atomic mass is 9.85. The Hall–Kier alpha value is -2.57.